The van der Waals surface area contributed by atoms with Crippen molar-refractivity contribution in [3.63, 3.8) is 0 Å². The standard InChI is InChI=1S/C22H36N6O3/c1-6-11-23-22(30)24-12-7-8-18-14-28(27-26-18)16(4)13-19-9-10-20(31-19)17(5)21(29)25-15(2)3/h14-17,19-20H,6,9-13H2,1-5H3,(H,25,29)(H2,23,24,30)/t16-,17-,19+,20-/m1/s1. The van der Waals surface area contributed by atoms with E-state index in [0.717, 1.165) is 25.7 Å². The lowest BCUT2D eigenvalue weighted by atomic mass is 10.00. The molecule has 1 aliphatic rings. The number of amides is 3. The van der Waals surface area contributed by atoms with Gasteiger partial charge in [-0.15, -0.1) is 5.10 Å². The second kappa shape index (κ2) is 12.3. The third-order valence-electron chi connectivity index (χ3n) is 5.20. The topological polar surface area (TPSA) is 110 Å². The van der Waals surface area contributed by atoms with Crippen LogP contribution in [-0.2, 0) is 9.53 Å². The Labute approximate surface area is 185 Å². The van der Waals surface area contributed by atoms with Crippen LogP contribution in [0.2, 0.25) is 0 Å². The molecule has 1 aliphatic heterocycles. The molecule has 9 heteroatoms. The Morgan fingerprint density at radius 2 is 2.03 bits per heavy atom. The number of ether oxygens (including phenoxy) is 1. The minimum absolute atomic E-state index is 0.0462. The fraction of sp³-hybridized carbons (Fsp3) is 0.727. The molecule has 1 fully saturated rings. The second-order valence-corrected chi connectivity index (χ2v) is 8.41. The number of rotatable bonds is 9. The Morgan fingerprint density at radius 3 is 2.74 bits per heavy atom. The van der Waals surface area contributed by atoms with Crippen LogP contribution in [0.5, 0.6) is 0 Å². The number of carbonyl (C=O) groups excluding carboxylic acids is 2. The first-order chi connectivity index (χ1) is 14.8. The number of nitrogens with zero attached hydrogens (tertiary/aromatic N) is 3. The predicted octanol–water partition coefficient (Wildman–Crippen LogP) is 2.00. The molecule has 31 heavy (non-hydrogen) atoms. The fourth-order valence-electron chi connectivity index (χ4n) is 3.46. The molecule has 2 heterocycles. The Hall–Kier alpha value is -2.60. The fourth-order valence-corrected chi connectivity index (χ4v) is 3.46. The summed E-state index contributed by atoms with van der Waals surface area (Å²) in [4.78, 5) is 23.7. The van der Waals surface area contributed by atoms with Crippen molar-refractivity contribution in [1.82, 2.24) is 30.9 Å². The van der Waals surface area contributed by atoms with Gasteiger partial charge in [0.15, 0.2) is 5.69 Å². The highest BCUT2D eigenvalue weighted by Gasteiger charge is 2.34. The maximum atomic E-state index is 12.2. The smallest absolute Gasteiger partial charge is 0.315 e. The van der Waals surface area contributed by atoms with Crippen LogP contribution in [0.3, 0.4) is 0 Å². The third kappa shape index (κ3) is 8.21. The summed E-state index contributed by atoms with van der Waals surface area (Å²) in [7, 11) is 0. The quantitative estimate of drug-likeness (QED) is 0.517. The predicted molar refractivity (Wildman–Crippen MR) is 118 cm³/mol. The SMILES string of the molecule is CCCNC(=O)NCC#Cc1cn([C@H](C)C[C@@H]2CC[C@H]([C@@H](C)C(=O)NC(C)C)O2)nn1. The van der Waals surface area contributed by atoms with Gasteiger partial charge in [-0.2, -0.15) is 0 Å². The van der Waals surface area contributed by atoms with Crippen LogP contribution in [0.1, 0.15) is 72.0 Å². The first-order valence-electron chi connectivity index (χ1n) is 11.2. The van der Waals surface area contributed by atoms with E-state index >= 15 is 0 Å². The van der Waals surface area contributed by atoms with Gasteiger partial charge in [0.05, 0.1) is 36.9 Å². The zero-order valence-corrected chi connectivity index (χ0v) is 19.3. The Bertz CT molecular complexity index is 782. The highest BCUT2D eigenvalue weighted by Crippen LogP contribution is 2.30. The lowest BCUT2D eigenvalue weighted by Crippen LogP contribution is -2.39. The van der Waals surface area contributed by atoms with Crippen molar-refractivity contribution in [2.45, 2.75) is 84.6 Å². The average molecular weight is 433 g/mol. The van der Waals surface area contributed by atoms with Crippen molar-refractivity contribution in [2.24, 2.45) is 5.92 Å². The number of aromatic nitrogens is 3. The number of hydrogen-bond donors (Lipinski definition) is 3. The molecule has 9 nitrogen and oxygen atoms in total. The van der Waals surface area contributed by atoms with Gasteiger partial charge < -0.3 is 20.7 Å². The molecule has 4 atom stereocenters. The molecule has 0 aliphatic carbocycles. The summed E-state index contributed by atoms with van der Waals surface area (Å²) in [6, 6.07) is 0.00891. The van der Waals surface area contributed by atoms with Gasteiger partial charge in [0.2, 0.25) is 5.91 Å². The van der Waals surface area contributed by atoms with E-state index in [2.05, 4.69) is 45.0 Å². The van der Waals surface area contributed by atoms with Crippen LogP contribution in [0, 0.1) is 17.8 Å². The van der Waals surface area contributed by atoms with Gasteiger partial charge in [0.25, 0.3) is 0 Å². The summed E-state index contributed by atoms with van der Waals surface area (Å²) in [6.07, 6.45) is 5.36. The van der Waals surface area contributed by atoms with Gasteiger partial charge in [-0.05, 0) is 52.4 Å². The number of nitrogens with one attached hydrogen (secondary N) is 3. The van der Waals surface area contributed by atoms with Gasteiger partial charge in [0.1, 0.15) is 0 Å². The second-order valence-electron chi connectivity index (χ2n) is 8.41. The van der Waals surface area contributed by atoms with Crippen LogP contribution in [0.4, 0.5) is 4.79 Å². The van der Waals surface area contributed by atoms with E-state index in [9.17, 15) is 9.59 Å². The van der Waals surface area contributed by atoms with E-state index in [4.69, 9.17) is 4.74 Å². The summed E-state index contributed by atoms with van der Waals surface area (Å²) in [5, 5.41) is 16.6. The zero-order valence-electron chi connectivity index (χ0n) is 19.3. The molecule has 0 aromatic carbocycles. The zero-order chi connectivity index (χ0) is 22.8. The monoisotopic (exact) mass is 432 g/mol. The molecular formula is C22H36N6O3. The molecule has 3 amide bonds. The summed E-state index contributed by atoms with van der Waals surface area (Å²) in [5.41, 5.74) is 0.562. The minimum atomic E-state index is -0.223. The summed E-state index contributed by atoms with van der Waals surface area (Å²) < 4.78 is 7.95. The van der Waals surface area contributed by atoms with E-state index in [1.165, 1.54) is 0 Å². The first kappa shape index (κ1) is 24.7. The van der Waals surface area contributed by atoms with Gasteiger partial charge in [-0.3, -0.25) is 4.79 Å². The van der Waals surface area contributed by atoms with Gasteiger partial charge in [-0.1, -0.05) is 25.0 Å². The highest BCUT2D eigenvalue weighted by molar-refractivity contribution is 5.79. The van der Waals surface area contributed by atoms with Crippen molar-refractivity contribution in [3.8, 4) is 11.8 Å². The normalized spacial score (nSPS) is 19.9. The van der Waals surface area contributed by atoms with Gasteiger partial charge in [0, 0.05) is 12.6 Å². The number of carbonyl (C=O) groups is 2. The maximum absolute atomic E-state index is 12.2. The van der Waals surface area contributed by atoms with Crippen LogP contribution < -0.4 is 16.0 Å². The molecule has 3 N–H and O–H groups in total. The number of hydrogen-bond acceptors (Lipinski definition) is 5. The molecule has 1 aromatic heterocycles. The van der Waals surface area contributed by atoms with Crippen molar-refractivity contribution in [1.29, 1.82) is 0 Å². The van der Waals surface area contributed by atoms with Crippen molar-refractivity contribution in [3.05, 3.63) is 11.9 Å². The summed E-state index contributed by atoms with van der Waals surface area (Å²) in [6.45, 7) is 10.8. The minimum Gasteiger partial charge on any atom is -0.374 e. The van der Waals surface area contributed by atoms with Crippen LogP contribution in [0.15, 0.2) is 6.20 Å². The average Bonchev–Trinajstić information content (AvgIpc) is 3.38. The largest absolute Gasteiger partial charge is 0.374 e. The summed E-state index contributed by atoms with van der Waals surface area (Å²) >= 11 is 0. The molecular weight excluding hydrogens is 396 g/mol. The molecule has 0 radical (unpaired) electrons. The number of urea groups is 1. The van der Waals surface area contributed by atoms with Crippen molar-refractivity contribution in [2.75, 3.05) is 13.1 Å². The van der Waals surface area contributed by atoms with E-state index in [0.29, 0.717) is 12.2 Å². The Morgan fingerprint density at radius 1 is 1.26 bits per heavy atom. The van der Waals surface area contributed by atoms with E-state index < -0.39 is 0 Å². The lowest BCUT2D eigenvalue weighted by molar-refractivity contribution is -0.129. The van der Waals surface area contributed by atoms with Crippen molar-refractivity contribution < 1.29 is 14.3 Å². The maximum Gasteiger partial charge on any atom is 0.315 e. The first-order valence-corrected chi connectivity index (χ1v) is 11.2. The Balaban J connectivity index is 1.78. The van der Waals surface area contributed by atoms with Crippen LogP contribution >= 0.6 is 0 Å². The molecule has 0 unspecified atom stereocenters. The molecule has 1 aromatic rings. The van der Waals surface area contributed by atoms with Crippen LogP contribution in [0.25, 0.3) is 0 Å². The molecule has 0 bridgehead atoms. The lowest BCUT2D eigenvalue weighted by Gasteiger charge is -2.22. The van der Waals surface area contributed by atoms with E-state index in [-0.39, 0.29) is 48.7 Å². The Kier molecular flexibility index (Phi) is 9.79. The summed E-state index contributed by atoms with van der Waals surface area (Å²) in [5.74, 6) is 5.68. The molecule has 172 valence electrons. The van der Waals surface area contributed by atoms with E-state index in [1.807, 2.05) is 27.7 Å². The van der Waals surface area contributed by atoms with Gasteiger partial charge in [-0.25, -0.2) is 9.48 Å². The molecule has 2 rings (SSSR count). The third-order valence-corrected chi connectivity index (χ3v) is 5.20. The molecule has 0 saturated carbocycles. The van der Waals surface area contributed by atoms with Crippen molar-refractivity contribution >= 4 is 11.9 Å². The molecule has 1 saturated heterocycles. The highest BCUT2D eigenvalue weighted by atomic mass is 16.5. The molecule has 0 spiro atoms. The van der Waals surface area contributed by atoms with E-state index in [1.54, 1.807) is 10.9 Å². The van der Waals surface area contributed by atoms with Gasteiger partial charge >= 0.3 is 6.03 Å². The van der Waals surface area contributed by atoms with Crippen LogP contribution in [-0.4, -0.2) is 58.3 Å².